The number of alkyl halides is 5. The highest BCUT2D eigenvalue weighted by atomic mass is 19.4. The number of fused-ring (bicyclic) bond motifs is 3. The molecule has 4 saturated carbocycles. The number of nitrogens with zero attached hydrogens (tertiary/aromatic N) is 10. The van der Waals surface area contributed by atoms with Gasteiger partial charge in [-0.25, -0.2) is 8.78 Å². The molecule has 12 atom stereocenters. The molecule has 4 aliphatic carbocycles. The number of carbonyl (C=O) groups excluding carboxylic acids is 12. The molecule has 2 saturated heterocycles. The minimum Gasteiger partial charge on any atom is -0.347 e. The van der Waals surface area contributed by atoms with Crippen LogP contribution in [-0.4, -0.2) is 282 Å². The van der Waals surface area contributed by atoms with E-state index in [4.69, 9.17) is 0 Å². The summed E-state index contributed by atoms with van der Waals surface area (Å²) in [5.41, 5.74) is -1.55. The Hall–Kier alpha value is -6.97. The molecule has 1 spiro atoms. The molecule has 0 aromatic carbocycles. The standard InChI is InChI=1S/C73H115F5N12O12/c1-15-45(5)61-69(100)83(9)42-59(93)85(11)53-25-18-17-21-34-89(68(53)99)56(38-46-28-26-43(3)27-29-46)66(97)82(8)41-57(91)79-51(31-30-47-36-49(74)60(50(75)37-47)73(76,77)78)64(95)90-40-44(4)35-55(90)67(98)88(14)72(32-22-33-72)71(102)87(13)62(48-23-19-20-24-48)70(101)86(12)54(65(96)81(6)7)39-58(92)84(10)52(16-2)63(94)80-61/h17-18,43-56,60-62H,15-16,19-42H2,1-14H3,(H,79,91)(H,80,94)/b18-17-/t43?,44-,45+,46?,47?,49?,50?,51+,52+,53+,54+,55+,56+,60?,61+,62+/m1/s1. The van der Waals surface area contributed by atoms with E-state index in [0.717, 1.165) is 40.4 Å². The Bertz CT molecular complexity index is 3060. The molecule has 0 aromatic heterocycles. The van der Waals surface area contributed by atoms with Gasteiger partial charge >= 0.3 is 6.18 Å². The van der Waals surface area contributed by atoms with E-state index < -0.39 is 199 Å². The van der Waals surface area contributed by atoms with Gasteiger partial charge in [-0.05, 0) is 125 Å². The fraction of sp³-hybridized carbons (Fsp3) is 0.808. The van der Waals surface area contributed by atoms with Gasteiger partial charge in [0.15, 0.2) is 0 Å². The molecule has 2 unspecified atom stereocenters. The van der Waals surface area contributed by atoms with Crippen molar-refractivity contribution in [2.45, 2.75) is 248 Å². The van der Waals surface area contributed by atoms with Gasteiger partial charge < -0.3 is 59.6 Å². The number of carbonyl (C=O) groups is 12. The molecule has 102 heavy (non-hydrogen) atoms. The lowest BCUT2D eigenvalue weighted by Crippen LogP contribution is -2.68. The highest BCUT2D eigenvalue weighted by molar-refractivity contribution is 6.01. The molecule has 2 N–H and O–H groups in total. The predicted molar refractivity (Wildman–Crippen MR) is 370 cm³/mol. The third kappa shape index (κ3) is 18.7. The summed E-state index contributed by atoms with van der Waals surface area (Å²) in [6, 6.07) is -10.3. The summed E-state index contributed by atoms with van der Waals surface area (Å²) < 4.78 is 72.7. The van der Waals surface area contributed by atoms with Gasteiger partial charge in [0.1, 0.15) is 72.1 Å². The Morgan fingerprint density at radius 3 is 1.82 bits per heavy atom. The Labute approximate surface area is 599 Å². The maximum Gasteiger partial charge on any atom is 0.397 e. The predicted octanol–water partition coefficient (Wildman–Crippen LogP) is 5.75. The Kier molecular flexibility index (Phi) is 28.4. The molecule has 24 nitrogen and oxygen atoms in total. The third-order valence-electron chi connectivity index (χ3n) is 23.8. The number of hydrogen-bond acceptors (Lipinski definition) is 12. The Morgan fingerprint density at radius 2 is 1.25 bits per heavy atom. The molecule has 3 heterocycles. The zero-order chi connectivity index (χ0) is 75.7. The van der Waals surface area contributed by atoms with E-state index in [1.165, 1.54) is 97.7 Å². The normalized spacial score (nSPS) is 33.0. The first-order valence-electron chi connectivity index (χ1n) is 37.1. The van der Waals surface area contributed by atoms with E-state index in [1.807, 2.05) is 13.0 Å². The number of amides is 12. The number of halogens is 5. The monoisotopic (exact) mass is 1450 g/mol. The summed E-state index contributed by atoms with van der Waals surface area (Å²) in [5.74, 6) is -12.9. The van der Waals surface area contributed by atoms with E-state index in [-0.39, 0.29) is 76.3 Å². The van der Waals surface area contributed by atoms with Crippen molar-refractivity contribution in [2.75, 3.05) is 89.6 Å². The fourth-order valence-corrected chi connectivity index (χ4v) is 16.9. The van der Waals surface area contributed by atoms with E-state index in [9.17, 15) is 41.9 Å². The van der Waals surface area contributed by atoms with Crippen molar-refractivity contribution in [1.82, 2.24) is 59.6 Å². The zero-order valence-corrected chi connectivity index (χ0v) is 62.6. The number of hydrogen-bond donors (Lipinski definition) is 2. The Balaban J connectivity index is 1.30. The highest BCUT2D eigenvalue weighted by Gasteiger charge is 2.57. The van der Waals surface area contributed by atoms with Crippen LogP contribution in [0.4, 0.5) is 22.0 Å². The topological polar surface area (TPSA) is 261 Å². The maximum atomic E-state index is 15.6. The molecule has 574 valence electrons. The first kappa shape index (κ1) is 82.3. The van der Waals surface area contributed by atoms with Gasteiger partial charge in [0, 0.05) is 76.5 Å². The lowest BCUT2D eigenvalue weighted by molar-refractivity contribution is -0.219. The lowest BCUT2D eigenvalue weighted by Gasteiger charge is -2.51. The first-order chi connectivity index (χ1) is 47.9. The van der Waals surface area contributed by atoms with Crippen LogP contribution in [0.3, 0.4) is 0 Å². The molecular formula is C73H115F5N12O12. The van der Waals surface area contributed by atoms with Crippen molar-refractivity contribution in [3.63, 3.8) is 0 Å². The van der Waals surface area contributed by atoms with Gasteiger partial charge in [-0.1, -0.05) is 91.7 Å². The van der Waals surface area contributed by atoms with Crippen molar-refractivity contribution >= 4 is 70.9 Å². The summed E-state index contributed by atoms with van der Waals surface area (Å²) in [5, 5.41) is 5.59. The fourth-order valence-electron chi connectivity index (χ4n) is 16.9. The van der Waals surface area contributed by atoms with Crippen molar-refractivity contribution in [2.24, 2.45) is 41.4 Å². The van der Waals surface area contributed by atoms with Crippen LogP contribution in [0, 0.1) is 41.4 Å². The van der Waals surface area contributed by atoms with Crippen LogP contribution >= 0.6 is 0 Å². The molecular weight excluding hydrogens is 1330 g/mol. The van der Waals surface area contributed by atoms with Gasteiger partial charge in [-0.3, -0.25) is 57.5 Å². The van der Waals surface area contributed by atoms with Gasteiger partial charge in [-0.15, -0.1) is 0 Å². The van der Waals surface area contributed by atoms with Crippen LogP contribution in [0.25, 0.3) is 0 Å². The largest absolute Gasteiger partial charge is 0.397 e. The summed E-state index contributed by atoms with van der Waals surface area (Å²) in [6.45, 7) is 7.91. The minimum atomic E-state index is -5.16. The molecule has 7 rings (SSSR count). The number of nitrogens with one attached hydrogen (secondary N) is 2. The molecule has 0 aromatic rings. The molecule has 29 heteroatoms. The van der Waals surface area contributed by atoms with Gasteiger partial charge in [0.25, 0.3) is 0 Å². The summed E-state index contributed by atoms with van der Waals surface area (Å²) >= 11 is 0. The maximum absolute atomic E-state index is 15.6. The summed E-state index contributed by atoms with van der Waals surface area (Å²) in [4.78, 5) is 193. The summed E-state index contributed by atoms with van der Waals surface area (Å²) in [6.07, 6.45) is -1.80. The SMILES string of the molecule is CC[C@H](C)[C@@H]1NC(=O)[C@H](CC)N(C)C(=O)C[C@@H](C(=O)N(C)C)N(C)C(=O)[C@H](C2CCCC2)N(C)C(=O)C2(CCC2)N(C)C(=O)[C@@H]2C[C@@H](C)CN2C(=O)[C@H](CCC2CC(F)C(C(F)(F)F)C(F)C2)NC(=O)CN(C)C(=O)[C@H](CC2CCC(C)CC2)N2CC/C=C\C[C@@H](C2=O)N(C)C(=O)CN(C)C1=O. The van der Waals surface area contributed by atoms with Crippen molar-refractivity contribution in [3.05, 3.63) is 12.2 Å². The minimum absolute atomic E-state index is 0.0230. The number of likely N-dealkylation sites (N-methyl/N-ethyl adjacent to an activating group) is 8. The molecule has 6 fully saturated rings. The first-order valence-corrected chi connectivity index (χ1v) is 37.1. The second-order valence-corrected chi connectivity index (χ2v) is 31.2. The quantitative estimate of drug-likeness (QED) is 0.196. The van der Waals surface area contributed by atoms with Crippen LogP contribution < -0.4 is 10.6 Å². The second kappa shape index (κ2) is 35.2. The highest BCUT2D eigenvalue weighted by Crippen LogP contribution is 2.46. The number of rotatable bonds is 10. The molecule has 0 radical (unpaired) electrons. The second-order valence-electron chi connectivity index (χ2n) is 31.2. The van der Waals surface area contributed by atoms with Crippen molar-refractivity contribution < 1.29 is 79.5 Å². The van der Waals surface area contributed by atoms with Crippen LogP contribution in [0.15, 0.2) is 12.2 Å². The summed E-state index contributed by atoms with van der Waals surface area (Å²) in [7, 11) is 12.8. The van der Waals surface area contributed by atoms with E-state index in [1.54, 1.807) is 26.8 Å². The van der Waals surface area contributed by atoms with Crippen LogP contribution in [0.2, 0.25) is 0 Å². The third-order valence-corrected chi connectivity index (χ3v) is 23.8. The van der Waals surface area contributed by atoms with Crippen LogP contribution in [-0.2, 0) is 57.5 Å². The van der Waals surface area contributed by atoms with E-state index in [0.29, 0.717) is 50.9 Å². The molecule has 2 bridgehead atoms. The molecule has 12 amide bonds. The average molecular weight is 1450 g/mol. The van der Waals surface area contributed by atoms with Gasteiger partial charge in [0.2, 0.25) is 70.9 Å². The van der Waals surface area contributed by atoms with Crippen molar-refractivity contribution in [1.29, 1.82) is 0 Å². The Morgan fingerprint density at radius 1 is 0.637 bits per heavy atom. The smallest absolute Gasteiger partial charge is 0.347 e. The van der Waals surface area contributed by atoms with E-state index >= 15 is 37.5 Å². The lowest BCUT2D eigenvalue weighted by atomic mass is 9.73. The van der Waals surface area contributed by atoms with Crippen molar-refractivity contribution in [3.8, 4) is 0 Å². The van der Waals surface area contributed by atoms with Crippen LogP contribution in [0.5, 0.6) is 0 Å². The van der Waals surface area contributed by atoms with E-state index in [2.05, 4.69) is 17.6 Å². The zero-order valence-electron chi connectivity index (χ0n) is 62.6. The van der Waals surface area contributed by atoms with Gasteiger partial charge in [-0.2, -0.15) is 13.2 Å². The van der Waals surface area contributed by atoms with Crippen LogP contribution in [0.1, 0.15) is 176 Å². The molecule has 7 aliphatic rings. The van der Waals surface area contributed by atoms with Gasteiger partial charge in [0.05, 0.1) is 19.5 Å². The average Bonchev–Trinajstić information content (AvgIpc) is 1.12. The molecule has 3 aliphatic heterocycles.